The maximum Gasteiger partial charge on any atom is 0.253 e. The predicted molar refractivity (Wildman–Crippen MR) is 67.8 cm³/mol. The van der Waals surface area contributed by atoms with E-state index in [0.29, 0.717) is 15.1 Å². The van der Waals surface area contributed by atoms with E-state index in [9.17, 15) is 4.79 Å². The SMILES string of the molecule is CC(C)(CO)NC(=O)c1cccc(Br)c1Cl. The van der Waals surface area contributed by atoms with Gasteiger partial charge in [-0.1, -0.05) is 17.7 Å². The van der Waals surface area contributed by atoms with Crippen LogP contribution in [0.3, 0.4) is 0 Å². The average molecular weight is 307 g/mol. The molecule has 0 saturated carbocycles. The van der Waals surface area contributed by atoms with E-state index in [1.54, 1.807) is 32.0 Å². The van der Waals surface area contributed by atoms with Crippen molar-refractivity contribution in [3.05, 3.63) is 33.3 Å². The zero-order chi connectivity index (χ0) is 12.3. The van der Waals surface area contributed by atoms with E-state index in [4.69, 9.17) is 16.7 Å². The van der Waals surface area contributed by atoms with Crippen LogP contribution in [0, 0.1) is 0 Å². The van der Waals surface area contributed by atoms with Gasteiger partial charge in [-0.05, 0) is 41.9 Å². The van der Waals surface area contributed by atoms with Gasteiger partial charge >= 0.3 is 0 Å². The maximum atomic E-state index is 11.9. The Hall–Kier alpha value is -0.580. The summed E-state index contributed by atoms with van der Waals surface area (Å²) >= 11 is 9.24. The molecule has 3 nitrogen and oxygen atoms in total. The van der Waals surface area contributed by atoms with Gasteiger partial charge in [-0.15, -0.1) is 0 Å². The first kappa shape index (κ1) is 13.5. The van der Waals surface area contributed by atoms with Crippen LogP contribution in [0.25, 0.3) is 0 Å². The number of rotatable bonds is 3. The van der Waals surface area contributed by atoms with Crippen LogP contribution in [0.1, 0.15) is 24.2 Å². The first-order valence-electron chi connectivity index (χ1n) is 4.75. The number of hydrogen-bond donors (Lipinski definition) is 2. The summed E-state index contributed by atoms with van der Waals surface area (Å²) in [5.41, 5.74) is -0.277. The van der Waals surface area contributed by atoms with E-state index in [1.807, 2.05) is 0 Å². The second kappa shape index (κ2) is 5.17. The summed E-state index contributed by atoms with van der Waals surface area (Å²) in [5.74, 6) is -0.301. The summed E-state index contributed by atoms with van der Waals surface area (Å²) in [6.07, 6.45) is 0. The molecular formula is C11H13BrClNO2. The topological polar surface area (TPSA) is 49.3 Å². The molecular weight excluding hydrogens is 293 g/mol. The van der Waals surface area contributed by atoms with Crippen LogP contribution in [0.2, 0.25) is 5.02 Å². The van der Waals surface area contributed by atoms with Crippen molar-refractivity contribution >= 4 is 33.4 Å². The standard InChI is InChI=1S/C11H13BrClNO2/c1-11(2,6-15)14-10(16)7-4-3-5-8(12)9(7)13/h3-5,15H,6H2,1-2H3,(H,14,16). The van der Waals surface area contributed by atoms with Gasteiger partial charge in [-0.2, -0.15) is 0 Å². The van der Waals surface area contributed by atoms with Crippen LogP contribution in [0.15, 0.2) is 22.7 Å². The molecule has 0 fully saturated rings. The molecule has 1 aromatic carbocycles. The van der Waals surface area contributed by atoms with Gasteiger partial charge < -0.3 is 10.4 Å². The Kier molecular flexibility index (Phi) is 4.35. The highest BCUT2D eigenvalue weighted by molar-refractivity contribution is 9.10. The Morgan fingerprint density at radius 1 is 1.56 bits per heavy atom. The van der Waals surface area contributed by atoms with Gasteiger partial charge in [0.25, 0.3) is 5.91 Å². The van der Waals surface area contributed by atoms with E-state index in [2.05, 4.69) is 21.2 Å². The molecule has 0 aliphatic rings. The molecule has 1 amide bonds. The molecule has 0 unspecified atom stereocenters. The van der Waals surface area contributed by atoms with Gasteiger partial charge in [0.15, 0.2) is 0 Å². The highest BCUT2D eigenvalue weighted by Gasteiger charge is 2.21. The number of carbonyl (C=O) groups excluding carboxylic acids is 1. The number of benzene rings is 1. The zero-order valence-electron chi connectivity index (χ0n) is 9.05. The van der Waals surface area contributed by atoms with Crippen molar-refractivity contribution in [1.29, 1.82) is 0 Å². The van der Waals surface area contributed by atoms with Gasteiger partial charge in [0, 0.05) is 4.47 Å². The molecule has 2 N–H and O–H groups in total. The number of aliphatic hydroxyl groups excluding tert-OH is 1. The number of aliphatic hydroxyl groups is 1. The smallest absolute Gasteiger partial charge is 0.253 e. The molecule has 1 rings (SSSR count). The zero-order valence-corrected chi connectivity index (χ0v) is 11.4. The second-order valence-corrected chi connectivity index (χ2v) is 5.33. The molecule has 0 bridgehead atoms. The summed E-state index contributed by atoms with van der Waals surface area (Å²) in [6, 6.07) is 5.13. The van der Waals surface area contributed by atoms with Crippen LogP contribution < -0.4 is 5.32 Å². The molecule has 0 aliphatic heterocycles. The first-order valence-corrected chi connectivity index (χ1v) is 5.92. The third-order valence-corrected chi connectivity index (χ3v) is 3.34. The van der Waals surface area contributed by atoms with Crippen molar-refractivity contribution in [3.63, 3.8) is 0 Å². The van der Waals surface area contributed by atoms with Crippen molar-refractivity contribution in [1.82, 2.24) is 5.32 Å². The van der Waals surface area contributed by atoms with E-state index < -0.39 is 5.54 Å². The fourth-order valence-electron chi connectivity index (χ4n) is 1.09. The molecule has 88 valence electrons. The number of carbonyl (C=O) groups is 1. The Morgan fingerprint density at radius 3 is 2.75 bits per heavy atom. The van der Waals surface area contributed by atoms with Crippen LogP contribution >= 0.6 is 27.5 Å². The number of amides is 1. The quantitative estimate of drug-likeness (QED) is 0.902. The third-order valence-electron chi connectivity index (χ3n) is 2.04. The summed E-state index contributed by atoms with van der Waals surface area (Å²) in [5, 5.41) is 12.1. The molecule has 16 heavy (non-hydrogen) atoms. The van der Waals surface area contributed by atoms with Gasteiger partial charge in [-0.3, -0.25) is 4.79 Å². The summed E-state index contributed by atoms with van der Waals surface area (Å²) < 4.78 is 0.670. The van der Waals surface area contributed by atoms with Crippen molar-refractivity contribution in [2.75, 3.05) is 6.61 Å². The fraction of sp³-hybridized carbons (Fsp3) is 0.364. The lowest BCUT2D eigenvalue weighted by Crippen LogP contribution is -2.46. The number of halogens is 2. The minimum Gasteiger partial charge on any atom is -0.394 e. The highest BCUT2D eigenvalue weighted by atomic mass is 79.9. The molecule has 0 aromatic heterocycles. The highest BCUT2D eigenvalue weighted by Crippen LogP contribution is 2.26. The minimum atomic E-state index is -0.664. The van der Waals surface area contributed by atoms with Crippen LogP contribution in [-0.4, -0.2) is 23.2 Å². The van der Waals surface area contributed by atoms with Gasteiger partial charge in [0.1, 0.15) is 0 Å². The molecule has 5 heteroatoms. The Balaban J connectivity index is 2.94. The maximum absolute atomic E-state index is 11.9. The summed E-state index contributed by atoms with van der Waals surface area (Å²) in [7, 11) is 0. The van der Waals surface area contributed by atoms with Gasteiger partial charge in [-0.25, -0.2) is 0 Å². The van der Waals surface area contributed by atoms with Crippen molar-refractivity contribution in [3.8, 4) is 0 Å². The lowest BCUT2D eigenvalue weighted by atomic mass is 10.1. The number of nitrogens with one attached hydrogen (secondary N) is 1. The van der Waals surface area contributed by atoms with Crippen LogP contribution in [0.5, 0.6) is 0 Å². The number of hydrogen-bond acceptors (Lipinski definition) is 2. The van der Waals surface area contributed by atoms with E-state index in [-0.39, 0.29) is 12.5 Å². The average Bonchev–Trinajstić information content (AvgIpc) is 2.21. The monoisotopic (exact) mass is 305 g/mol. The molecule has 0 atom stereocenters. The molecule has 1 aromatic rings. The van der Waals surface area contributed by atoms with Crippen LogP contribution in [-0.2, 0) is 0 Å². The largest absolute Gasteiger partial charge is 0.394 e. The lowest BCUT2D eigenvalue weighted by molar-refractivity contribution is 0.0869. The minimum absolute atomic E-state index is 0.135. The molecule has 0 spiro atoms. The van der Waals surface area contributed by atoms with Gasteiger partial charge in [0.05, 0.1) is 22.7 Å². The Bertz CT molecular complexity index is 407. The Labute approximate surface area is 108 Å². The first-order chi connectivity index (χ1) is 7.37. The van der Waals surface area contributed by atoms with Crippen molar-refractivity contribution in [2.45, 2.75) is 19.4 Å². The van der Waals surface area contributed by atoms with Crippen molar-refractivity contribution in [2.24, 2.45) is 0 Å². The lowest BCUT2D eigenvalue weighted by Gasteiger charge is -2.23. The third kappa shape index (κ3) is 3.20. The van der Waals surface area contributed by atoms with E-state index >= 15 is 0 Å². The van der Waals surface area contributed by atoms with Crippen molar-refractivity contribution < 1.29 is 9.90 Å². The van der Waals surface area contributed by atoms with Crippen LogP contribution in [0.4, 0.5) is 0 Å². The normalized spacial score (nSPS) is 11.3. The molecule has 0 saturated heterocycles. The fourth-order valence-corrected chi connectivity index (χ4v) is 1.67. The van der Waals surface area contributed by atoms with E-state index in [1.165, 1.54) is 0 Å². The molecule has 0 aliphatic carbocycles. The Morgan fingerprint density at radius 2 is 2.19 bits per heavy atom. The molecule has 0 heterocycles. The second-order valence-electron chi connectivity index (χ2n) is 4.10. The molecule has 0 radical (unpaired) electrons. The van der Waals surface area contributed by atoms with E-state index in [0.717, 1.165) is 0 Å². The summed E-state index contributed by atoms with van der Waals surface area (Å²) in [4.78, 5) is 11.9. The summed E-state index contributed by atoms with van der Waals surface area (Å²) in [6.45, 7) is 3.33. The predicted octanol–water partition coefficient (Wildman–Crippen LogP) is 2.60. The van der Waals surface area contributed by atoms with Gasteiger partial charge in [0.2, 0.25) is 0 Å².